The molecule has 1 amide bonds. The lowest BCUT2D eigenvalue weighted by molar-refractivity contribution is 0.0996. The Hall–Kier alpha value is -2.91. The fraction of sp³-hybridized carbons (Fsp3) is 0.0588. The van der Waals surface area contributed by atoms with E-state index in [4.69, 9.17) is 9.15 Å². The standard InChI is InChI=1S/C17H12N4O3S2/c1-25-17-21-14-13(26-17)16(19-9-18-14)24-11-6-4-10(5-7-11)20-15(22)12-3-2-8-23-12/h2-9H,1H3,(H,20,22). The summed E-state index contributed by atoms with van der Waals surface area (Å²) in [6.45, 7) is 0. The van der Waals surface area contributed by atoms with Crippen molar-refractivity contribution < 1.29 is 13.9 Å². The third-order valence-corrected chi connectivity index (χ3v) is 5.40. The highest BCUT2D eigenvalue weighted by Crippen LogP contribution is 2.34. The molecule has 0 fully saturated rings. The highest BCUT2D eigenvalue weighted by atomic mass is 32.2. The Balaban J connectivity index is 1.51. The number of anilines is 1. The molecule has 0 unspecified atom stereocenters. The van der Waals surface area contributed by atoms with Gasteiger partial charge in [-0.25, -0.2) is 15.0 Å². The number of hydrogen-bond acceptors (Lipinski definition) is 8. The first-order valence-corrected chi connectivity index (χ1v) is 9.55. The molecule has 0 spiro atoms. The number of carbonyl (C=O) groups excluding carboxylic acids is 1. The Morgan fingerprint density at radius 3 is 2.81 bits per heavy atom. The average molecular weight is 384 g/mol. The van der Waals surface area contributed by atoms with Gasteiger partial charge in [0.1, 0.15) is 16.8 Å². The van der Waals surface area contributed by atoms with E-state index in [-0.39, 0.29) is 11.7 Å². The van der Waals surface area contributed by atoms with Gasteiger partial charge in [-0.1, -0.05) is 11.8 Å². The van der Waals surface area contributed by atoms with Crippen LogP contribution in [-0.4, -0.2) is 27.1 Å². The van der Waals surface area contributed by atoms with Crippen molar-refractivity contribution in [1.82, 2.24) is 15.0 Å². The molecular weight excluding hydrogens is 372 g/mol. The predicted molar refractivity (Wildman–Crippen MR) is 100 cm³/mol. The van der Waals surface area contributed by atoms with Crippen LogP contribution in [-0.2, 0) is 0 Å². The summed E-state index contributed by atoms with van der Waals surface area (Å²) in [6, 6.07) is 10.3. The zero-order valence-corrected chi connectivity index (χ0v) is 15.1. The SMILES string of the molecule is CSc1nc2ncnc(Oc3ccc(NC(=O)c4ccco4)cc3)c2s1. The first-order chi connectivity index (χ1) is 12.7. The number of hydrogen-bond donors (Lipinski definition) is 1. The number of thioether (sulfide) groups is 1. The summed E-state index contributed by atoms with van der Waals surface area (Å²) in [5.74, 6) is 0.999. The number of rotatable bonds is 5. The van der Waals surface area contributed by atoms with E-state index in [0.29, 0.717) is 23.0 Å². The van der Waals surface area contributed by atoms with Crippen LogP contribution >= 0.6 is 23.1 Å². The van der Waals surface area contributed by atoms with Crippen molar-refractivity contribution >= 4 is 45.0 Å². The average Bonchev–Trinajstić information content (AvgIpc) is 3.33. The second-order valence-corrected chi connectivity index (χ2v) is 7.13. The van der Waals surface area contributed by atoms with Gasteiger partial charge < -0.3 is 14.5 Å². The number of thiazole rings is 1. The molecule has 1 aromatic carbocycles. The molecule has 1 N–H and O–H groups in total. The molecule has 0 radical (unpaired) electrons. The molecule has 4 rings (SSSR count). The molecule has 3 aromatic heterocycles. The quantitative estimate of drug-likeness (QED) is 0.509. The van der Waals surface area contributed by atoms with Crippen molar-refractivity contribution in [3.63, 3.8) is 0 Å². The highest BCUT2D eigenvalue weighted by molar-refractivity contribution is 8.00. The maximum absolute atomic E-state index is 12.0. The predicted octanol–water partition coefficient (Wildman–Crippen LogP) is 4.45. The summed E-state index contributed by atoms with van der Waals surface area (Å²) in [5.41, 5.74) is 1.25. The van der Waals surface area contributed by atoms with Gasteiger partial charge in [0.25, 0.3) is 5.91 Å². The number of fused-ring (bicyclic) bond motifs is 1. The molecule has 0 aliphatic carbocycles. The number of nitrogens with one attached hydrogen (secondary N) is 1. The van der Waals surface area contributed by atoms with Crippen LogP contribution in [0, 0.1) is 0 Å². The Morgan fingerprint density at radius 1 is 1.23 bits per heavy atom. The smallest absolute Gasteiger partial charge is 0.291 e. The van der Waals surface area contributed by atoms with Crippen molar-refractivity contribution in [3.05, 3.63) is 54.7 Å². The zero-order valence-electron chi connectivity index (χ0n) is 13.5. The van der Waals surface area contributed by atoms with Crippen molar-refractivity contribution in [1.29, 1.82) is 0 Å². The van der Waals surface area contributed by atoms with E-state index in [0.717, 1.165) is 9.04 Å². The minimum atomic E-state index is -0.310. The normalized spacial score (nSPS) is 10.8. The maximum Gasteiger partial charge on any atom is 0.291 e. The summed E-state index contributed by atoms with van der Waals surface area (Å²) in [4.78, 5) is 24.7. The lowest BCUT2D eigenvalue weighted by Crippen LogP contribution is -2.10. The summed E-state index contributed by atoms with van der Waals surface area (Å²) in [7, 11) is 0. The van der Waals surface area contributed by atoms with Gasteiger partial charge in [0.15, 0.2) is 15.7 Å². The minimum Gasteiger partial charge on any atom is -0.459 e. The van der Waals surface area contributed by atoms with Gasteiger partial charge in [-0.3, -0.25) is 4.79 Å². The van der Waals surface area contributed by atoms with Crippen molar-refractivity contribution in [3.8, 4) is 11.6 Å². The topological polar surface area (TPSA) is 90.1 Å². The highest BCUT2D eigenvalue weighted by Gasteiger charge is 2.13. The number of ether oxygens (including phenoxy) is 1. The van der Waals surface area contributed by atoms with Crippen LogP contribution in [0.25, 0.3) is 10.3 Å². The van der Waals surface area contributed by atoms with Gasteiger partial charge in [-0.15, -0.1) is 11.3 Å². The molecule has 3 heterocycles. The molecule has 7 nitrogen and oxygen atoms in total. The van der Waals surface area contributed by atoms with E-state index in [9.17, 15) is 4.79 Å². The molecule has 130 valence electrons. The molecule has 0 atom stereocenters. The molecule has 9 heteroatoms. The van der Waals surface area contributed by atoms with Gasteiger partial charge >= 0.3 is 0 Å². The van der Waals surface area contributed by atoms with Gasteiger partial charge in [-0.2, -0.15) is 0 Å². The summed E-state index contributed by atoms with van der Waals surface area (Å²) in [5, 5.41) is 2.75. The molecule has 0 saturated carbocycles. The lowest BCUT2D eigenvalue weighted by Gasteiger charge is -2.07. The lowest BCUT2D eigenvalue weighted by atomic mass is 10.3. The molecule has 26 heavy (non-hydrogen) atoms. The van der Waals surface area contributed by atoms with Crippen molar-refractivity contribution in [2.75, 3.05) is 11.6 Å². The number of benzene rings is 1. The molecule has 0 aliphatic heterocycles. The summed E-state index contributed by atoms with van der Waals surface area (Å²) < 4.78 is 12.6. The largest absolute Gasteiger partial charge is 0.459 e. The summed E-state index contributed by atoms with van der Waals surface area (Å²) >= 11 is 3.04. The molecule has 0 aliphatic rings. The molecule has 4 aromatic rings. The number of amides is 1. The van der Waals surface area contributed by atoms with Gasteiger partial charge in [0.05, 0.1) is 6.26 Å². The number of carbonyl (C=O) groups is 1. The van der Waals surface area contributed by atoms with Crippen LogP contribution in [0.3, 0.4) is 0 Å². The fourth-order valence-corrected chi connectivity index (χ4v) is 3.63. The van der Waals surface area contributed by atoms with Crippen molar-refractivity contribution in [2.24, 2.45) is 0 Å². The van der Waals surface area contributed by atoms with Gasteiger partial charge in [-0.05, 0) is 42.7 Å². The van der Waals surface area contributed by atoms with E-state index in [1.54, 1.807) is 48.2 Å². The second-order valence-electron chi connectivity index (χ2n) is 5.07. The second kappa shape index (κ2) is 7.14. The third kappa shape index (κ3) is 3.39. The first-order valence-electron chi connectivity index (χ1n) is 7.51. The first kappa shape index (κ1) is 16.6. The Kier molecular flexibility index (Phi) is 4.55. The Morgan fingerprint density at radius 2 is 2.08 bits per heavy atom. The molecule has 0 saturated heterocycles. The third-order valence-electron chi connectivity index (χ3n) is 3.39. The van der Waals surface area contributed by atoms with E-state index in [1.165, 1.54) is 23.9 Å². The monoisotopic (exact) mass is 384 g/mol. The van der Waals surface area contributed by atoms with Crippen LogP contribution in [0.15, 0.2) is 57.7 Å². The van der Waals surface area contributed by atoms with Crippen LogP contribution in [0.2, 0.25) is 0 Å². The van der Waals surface area contributed by atoms with E-state index >= 15 is 0 Å². The van der Waals surface area contributed by atoms with E-state index in [2.05, 4.69) is 20.3 Å². The van der Waals surface area contributed by atoms with Crippen molar-refractivity contribution in [2.45, 2.75) is 4.34 Å². The van der Waals surface area contributed by atoms with Crippen LogP contribution < -0.4 is 10.1 Å². The van der Waals surface area contributed by atoms with E-state index in [1.807, 2.05) is 6.26 Å². The Labute approximate surface area is 156 Å². The maximum atomic E-state index is 12.0. The fourth-order valence-electron chi connectivity index (χ4n) is 2.19. The van der Waals surface area contributed by atoms with E-state index < -0.39 is 0 Å². The van der Waals surface area contributed by atoms with Gasteiger partial charge in [0.2, 0.25) is 5.88 Å². The zero-order chi connectivity index (χ0) is 17.9. The minimum absolute atomic E-state index is 0.253. The van der Waals surface area contributed by atoms with Crippen LogP contribution in [0.4, 0.5) is 5.69 Å². The number of furan rings is 1. The summed E-state index contributed by atoms with van der Waals surface area (Å²) in [6.07, 6.45) is 4.84. The molecular formula is C17H12N4O3S2. The van der Waals surface area contributed by atoms with Gasteiger partial charge in [0, 0.05) is 5.69 Å². The number of nitrogens with zero attached hydrogens (tertiary/aromatic N) is 3. The number of aromatic nitrogens is 3. The van der Waals surface area contributed by atoms with Crippen LogP contribution in [0.1, 0.15) is 10.6 Å². The molecule has 0 bridgehead atoms. The van der Waals surface area contributed by atoms with Crippen LogP contribution in [0.5, 0.6) is 11.6 Å². The Bertz CT molecular complexity index is 1050.